The minimum atomic E-state index is -0.589. The summed E-state index contributed by atoms with van der Waals surface area (Å²) in [5, 5.41) is 4.73. The molecule has 0 saturated carbocycles. The van der Waals surface area contributed by atoms with Gasteiger partial charge in [0.2, 0.25) is 0 Å². The van der Waals surface area contributed by atoms with E-state index in [-0.39, 0.29) is 0 Å². The van der Waals surface area contributed by atoms with E-state index in [0.717, 1.165) is 72.8 Å². The Hall–Kier alpha value is -7.36. The molecule has 1 spiro atoms. The van der Waals surface area contributed by atoms with Crippen LogP contribution < -0.4 is 9.64 Å². The summed E-state index contributed by atoms with van der Waals surface area (Å²) in [7, 11) is 0. The van der Waals surface area contributed by atoms with Gasteiger partial charge in [-0.2, -0.15) is 0 Å². The fraction of sp³-hybridized carbons (Fsp3) is 0.0189. The molecule has 56 heavy (non-hydrogen) atoms. The van der Waals surface area contributed by atoms with E-state index in [1.165, 1.54) is 33.0 Å². The first kappa shape index (κ1) is 31.0. The van der Waals surface area contributed by atoms with Gasteiger partial charge in [-0.1, -0.05) is 127 Å². The maximum atomic E-state index is 6.67. The summed E-state index contributed by atoms with van der Waals surface area (Å²) < 4.78 is 12.9. The van der Waals surface area contributed by atoms with E-state index >= 15 is 0 Å². The molecule has 0 atom stereocenters. The van der Waals surface area contributed by atoms with Crippen LogP contribution in [0.1, 0.15) is 22.3 Å². The number of ether oxygens (including phenoxy) is 1. The van der Waals surface area contributed by atoms with E-state index in [9.17, 15) is 0 Å². The van der Waals surface area contributed by atoms with Crippen molar-refractivity contribution in [2.45, 2.75) is 5.41 Å². The lowest BCUT2D eigenvalue weighted by Gasteiger charge is -2.39. The van der Waals surface area contributed by atoms with Crippen molar-refractivity contribution in [1.82, 2.24) is 0 Å². The molecule has 0 radical (unpaired) electrons. The number of hydrogen-bond acceptors (Lipinski definition) is 3. The number of benzene rings is 9. The van der Waals surface area contributed by atoms with Gasteiger partial charge in [0.05, 0.1) is 5.41 Å². The van der Waals surface area contributed by atoms with Crippen molar-refractivity contribution in [3.8, 4) is 33.8 Å². The molecule has 262 valence electrons. The molecular weight excluding hydrogens is 683 g/mol. The smallest absolute Gasteiger partial charge is 0.136 e. The summed E-state index contributed by atoms with van der Waals surface area (Å²) in [5.74, 6) is 1.78. The highest BCUT2D eigenvalue weighted by Crippen LogP contribution is 2.63. The zero-order valence-electron chi connectivity index (χ0n) is 30.3. The van der Waals surface area contributed by atoms with Gasteiger partial charge >= 0.3 is 0 Å². The van der Waals surface area contributed by atoms with Crippen molar-refractivity contribution < 1.29 is 9.15 Å². The standard InChI is InChI=1S/C53H33NO2/c1-2-15-37(16-3-1)54(38-27-25-34(26-28-38)40-18-12-24-51-52(40)42-17-6-9-21-48(42)55-51)39-29-30-41-43-31-35-13-4-5-14-36(35)32-46(43)53(47(41)33-39)44-19-7-10-22-49(44)56-50-23-11-8-20-45(50)53/h1-33H. The monoisotopic (exact) mass is 715 g/mol. The average molecular weight is 716 g/mol. The summed E-state index contributed by atoms with van der Waals surface area (Å²) in [5.41, 5.74) is 14.1. The van der Waals surface area contributed by atoms with Crippen LogP contribution in [0, 0.1) is 0 Å². The van der Waals surface area contributed by atoms with Crippen molar-refractivity contribution in [1.29, 1.82) is 0 Å². The molecule has 9 aromatic carbocycles. The zero-order valence-corrected chi connectivity index (χ0v) is 30.3. The Labute approximate surface area is 324 Å². The number of para-hydroxylation sites is 4. The summed E-state index contributed by atoms with van der Waals surface area (Å²) in [6.07, 6.45) is 0. The van der Waals surface area contributed by atoms with E-state index in [4.69, 9.17) is 9.15 Å². The van der Waals surface area contributed by atoms with Crippen molar-refractivity contribution in [2.24, 2.45) is 0 Å². The predicted octanol–water partition coefficient (Wildman–Crippen LogP) is 14.3. The van der Waals surface area contributed by atoms with Crippen molar-refractivity contribution in [3.63, 3.8) is 0 Å². The Morgan fingerprint density at radius 2 is 0.982 bits per heavy atom. The van der Waals surface area contributed by atoms with Gasteiger partial charge in [-0.15, -0.1) is 0 Å². The molecule has 0 N–H and O–H groups in total. The molecule has 0 amide bonds. The van der Waals surface area contributed by atoms with E-state index < -0.39 is 5.41 Å². The van der Waals surface area contributed by atoms with Crippen LogP contribution in [-0.4, -0.2) is 0 Å². The van der Waals surface area contributed by atoms with Crippen LogP contribution in [0.3, 0.4) is 0 Å². The van der Waals surface area contributed by atoms with Crippen LogP contribution in [0.2, 0.25) is 0 Å². The summed E-state index contributed by atoms with van der Waals surface area (Å²) >= 11 is 0. The normalized spacial score (nSPS) is 13.3. The second-order valence-corrected chi connectivity index (χ2v) is 14.8. The number of anilines is 3. The van der Waals surface area contributed by atoms with E-state index in [2.05, 4.69) is 193 Å². The molecule has 0 bridgehead atoms. The zero-order chi connectivity index (χ0) is 36.8. The van der Waals surface area contributed by atoms with Gasteiger partial charge in [0.1, 0.15) is 22.7 Å². The van der Waals surface area contributed by atoms with Gasteiger partial charge in [0.25, 0.3) is 0 Å². The van der Waals surface area contributed by atoms with Gasteiger partial charge < -0.3 is 14.1 Å². The van der Waals surface area contributed by atoms with E-state index in [1.807, 2.05) is 12.1 Å². The van der Waals surface area contributed by atoms with Crippen molar-refractivity contribution in [3.05, 3.63) is 222 Å². The number of fused-ring (bicyclic) bond motifs is 13. The Morgan fingerprint density at radius 1 is 0.375 bits per heavy atom. The fourth-order valence-electron chi connectivity index (χ4n) is 9.54. The SMILES string of the molecule is c1ccc(N(c2ccc(-c3cccc4oc5ccccc5c34)cc2)c2ccc3c(c2)C2(c4ccccc4Oc4ccccc42)c2cc4ccccc4cc2-3)cc1. The van der Waals surface area contributed by atoms with Crippen LogP contribution in [0.4, 0.5) is 17.1 Å². The Bertz CT molecular complexity index is 3130. The molecule has 1 aliphatic carbocycles. The number of rotatable bonds is 4. The third-order valence-corrected chi connectivity index (χ3v) is 11.9. The molecule has 0 saturated heterocycles. The summed E-state index contributed by atoms with van der Waals surface area (Å²) in [4.78, 5) is 2.38. The average Bonchev–Trinajstić information content (AvgIpc) is 3.77. The van der Waals surface area contributed by atoms with Crippen LogP contribution in [-0.2, 0) is 5.41 Å². The van der Waals surface area contributed by atoms with Gasteiger partial charge in [-0.05, 0) is 117 Å². The first-order valence-electron chi connectivity index (χ1n) is 19.2. The second kappa shape index (κ2) is 11.8. The largest absolute Gasteiger partial charge is 0.457 e. The van der Waals surface area contributed by atoms with Gasteiger partial charge in [-0.3, -0.25) is 0 Å². The Balaban J connectivity index is 1.08. The molecular formula is C53H33NO2. The highest BCUT2D eigenvalue weighted by Gasteiger charge is 2.51. The van der Waals surface area contributed by atoms with Crippen molar-refractivity contribution in [2.75, 3.05) is 4.90 Å². The highest BCUT2D eigenvalue weighted by molar-refractivity contribution is 6.12. The fourth-order valence-corrected chi connectivity index (χ4v) is 9.54. The topological polar surface area (TPSA) is 25.6 Å². The molecule has 3 nitrogen and oxygen atoms in total. The highest BCUT2D eigenvalue weighted by atomic mass is 16.5. The van der Waals surface area contributed by atoms with Crippen LogP contribution in [0.15, 0.2) is 205 Å². The third-order valence-electron chi connectivity index (χ3n) is 11.9. The lowest BCUT2D eigenvalue weighted by molar-refractivity contribution is 0.436. The van der Waals surface area contributed by atoms with Crippen LogP contribution in [0.25, 0.3) is 55.0 Å². The van der Waals surface area contributed by atoms with E-state index in [1.54, 1.807) is 0 Å². The maximum Gasteiger partial charge on any atom is 0.136 e. The molecule has 1 aromatic heterocycles. The quantitative estimate of drug-likeness (QED) is 0.181. The Morgan fingerprint density at radius 3 is 1.77 bits per heavy atom. The molecule has 3 heteroatoms. The maximum absolute atomic E-state index is 6.67. The minimum absolute atomic E-state index is 0.589. The molecule has 0 fully saturated rings. The van der Waals surface area contributed by atoms with Gasteiger partial charge in [0.15, 0.2) is 0 Å². The summed E-state index contributed by atoms with van der Waals surface area (Å²) in [6, 6.07) is 72.0. The molecule has 1 aliphatic heterocycles. The van der Waals surface area contributed by atoms with Gasteiger partial charge in [0, 0.05) is 39.0 Å². The first-order chi connectivity index (χ1) is 27.8. The lowest BCUT2D eigenvalue weighted by atomic mass is 9.66. The molecule has 10 aromatic rings. The number of hydrogen-bond donors (Lipinski definition) is 0. The first-order valence-corrected chi connectivity index (χ1v) is 19.2. The van der Waals surface area contributed by atoms with Gasteiger partial charge in [-0.25, -0.2) is 0 Å². The molecule has 2 aliphatic rings. The number of furan rings is 1. The minimum Gasteiger partial charge on any atom is -0.457 e. The van der Waals surface area contributed by atoms with Crippen LogP contribution in [0.5, 0.6) is 11.5 Å². The molecule has 0 unspecified atom stereocenters. The second-order valence-electron chi connectivity index (χ2n) is 14.8. The third kappa shape index (κ3) is 4.34. The predicted molar refractivity (Wildman–Crippen MR) is 229 cm³/mol. The molecule has 2 heterocycles. The number of nitrogens with zero attached hydrogens (tertiary/aromatic N) is 1. The molecule has 12 rings (SSSR count). The van der Waals surface area contributed by atoms with Crippen molar-refractivity contribution >= 4 is 49.8 Å². The van der Waals surface area contributed by atoms with E-state index in [0.29, 0.717) is 0 Å². The Kier molecular flexibility index (Phi) is 6.55. The lowest BCUT2D eigenvalue weighted by Crippen LogP contribution is -2.32. The summed E-state index contributed by atoms with van der Waals surface area (Å²) in [6.45, 7) is 0. The van der Waals surface area contributed by atoms with Crippen LogP contribution >= 0.6 is 0 Å².